The van der Waals surface area contributed by atoms with Gasteiger partial charge >= 0.3 is 0 Å². The SMILES string of the molecule is CCn1nc(C)cc1C(=O)Nc1nc2cccc(CN3CCOCC3)c2n1C/C=C/CNc1ccc(C(N)=O)cc1N. The van der Waals surface area contributed by atoms with E-state index in [9.17, 15) is 9.59 Å². The first-order chi connectivity index (χ1) is 20.3. The fourth-order valence-corrected chi connectivity index (χ4v) is 5.10. The maximum Gasteiger partial charge on any atom is 0.276 e. The van der Waals surface area contributed by atoms with Gasteiger partial charge in [0.05, 0.1) is 41.3 Å². The van der Waals surface area contributed by atoms with E-state index in [-0.39, 0.29) is 5.91 Å². The van der Waals surface area contributed by atoms with Gasteiger partial charge in [0.25, 0.3) is 5.91 Å². The molecule has 0 radical (unpaired) electrons. The summed E-state index contributed by atoms with van der Waals surface area (Å²) in [5, 5.41) is 10.7. The zero-order valence-electron chi connectivity index (χ0n) is 24.0. The summed E-state index contributed by atoms with van der Waals surface area (Å²) in [5.41, 5.74) is 17.1. The summed E-state index contributed by atoms with van der Waals surface area (Å²) in [6.07, 6.45) is 4.00. The number of nitrogens with zero attached hydrogens (tertiary/aromatic N) is 5. The maximum atomic E-state index is 13.4. The fourth-order valence-electron chi connectivity index (χ4n) is 5.10. The number of anilines is 3. The number of nitrogens with one attached hydrogen (secondary N) is 2. The standard InChI is InChI=1S/C30H37N9O3/c1-3-39-26(17-20(2)36-39)29(41)35-30-34-25-8-6-7-22(19-37-13-15-42-16-14-37)27(25)38(30)12-5-4-11-33-24-10-9-21(28(32)40)18-23(24)31/h4-10,17-18,33H,3,11-16,19,31H2,1-2H3,(H2,32,40)(H,34,35,41)/b5-4+. The Hall–Kier alpha value is -4.68. The maximum absolute atomic E-state index is 13.4. The molecule has 0 saturated carbocycles. The highest BCUT2D eigenvalue weighted by molar-refractivity contribution is 6.03. The quantitative estimate of drug-likeness (QED) is 0.158. The average molecular weight is 572 g/mol. The number of rotatable bonds is 11. The Morgan fingerprint density at radius 1 is 1.12 bits per heavy atom. The molecule has 2 amide bonds. The molecule has 2 aromatic carbocycles. The minimum Gasteiger partial charge on any atom is -0.397 e. The minimum absolute atomic E-state index is 0.260. The van der Waals surface area contributed by atoms with Crippen molar-refractivity contribution in [2.45, 2.75) is 33.5 Å². The minimum atomic E-state index is -0.522. The van der Waals surface area contributed by atoms with Crippen LogP contribution in [0.1, 0.15) is 39.0 Å². The summed E-state index contributed by atoms with van der Waals surface area (Å²) in [5.74, 6) is -0.315. The van der Waals surface area contributed by atoms with Gasteiger partial charge in [-0.05, 0) is 49.7 Å². The monoisotopic (exact) mass is 571 g/mol. The van der Waals surface area contributed by atoms with Crippen molar-refractivity contribution in [3.05, 3.63) is 77.1 Å². The third kappa shape index (κ3) is 6.45. The number of aryl methyl sites for hydroxylation is 2. The van der Waals surface area contributed by atoms with Crippen molar-refractivity contribution >= 4 is 40.2 Å². The number of allylic oxidation sites excluding steroid dienone is 1. The van der Waals surface area contributed by atoms with Gasteiger partial charge in [0, 0.05) is 44.8 Å². The first-order valence-corrected chi connectivity index (χ1v) is 14.1. The Balaban J connectivity index is 1.40. The molecule has 1 aliphatic heterocycles. The van der Waals surface area contributed by atoms with Gasteiger partial charge in [-0.2, -0.15) is 5.10 Å². The lowest BCUT2D eigenvalue weighted by molar-refractivity contribution is 0.0343. The summed E-state index contributed by atoms with van der Waals surface area (Å²) in [4.78, 5) is 31.9. The highest BCUT2D eigenvalue weighted by atomic mass is 16.5. The van der Waals surface area contributed by atoms with E-state index in [0.717, 1.165) is 41.9 Å². The first kappa shape index (κ1) is 28.8. The molecular formula is C30H37N9O3. The van der Waals surface area contributed by atoms with E-state index in [2.05, 4.69) is 26.7 Å². The molecule has 0 aliphatic carbocycles. The first-order valence-electron chi connectivity index (χ1n) is 14.1. The molecule has 5 rings (SSSR count). The van der Waals surface area contributed by atoms with E-state index in [1.165, 1.54) is 0 Å². The van der Waals surface area contributed by atoms with Crippen molar-refractivity contribution < 1.29 is 14.3 Å². The number of fused-ring (bicyclic) bond motifs is 1. The van der Waals surface area contributed by atoms with Gasteiger partial charge < -0.3 is 26.1 Å². The Labute approximate surface area is 244 Å². The smallest absolute Gasteiger partial charge is 0.276 e. The Bertz CT molecular complexity index is 1620. The third-order valence-corrected chi connectivity index (χ3v) is 7.21. The van der Waals surface area contributed by atoms with E-state index in [1.807, 2.05) is 42.7 Å². The molecule has 42 heavy (non-hydrogen) atoms. The summed E-state index contributed by atoms with van der Waals surface area (Å²) in [7, 11) is 0. The number of amides is 2. The molecule has 4 aromatic rings. The largest absolute Gasteiger partial charge is 0.397 e. The lowest BCUT2D eigenvalue weighted by Crippen LogP contribution is -2.35. The number of carbonyl (C=O) groups is 2. The van der Waals surface area contributed by atoms with Crippen molar-refractivity contribution in [1.29, 1.82) is 0 Å². The molecule has 12 heteroatoms. The number of aromatic nitrogens is 4. The molecule has 1 saturated heterocycles. The number of hydrogen-bond acceptors (Lipinski definition) is 8. The number of carbonyl (C=O) groups excluding carboxylic acids is 2. The van der Waals surface area contributed by atoms with Crippen molar-refractivity contribution in [3.8, 4) is 0 Å². The lowest BCUT2D eigenvalue weighted by Gasteiger charge is -2.27. The number of ether oxygens (including phenoxy) is 1. The number of hydrogen-bond donors (Lipinski definition) is 4. The zero-order chi connectivity index (χ0) is 29.6. The van der Waals surface area contributed by atoms with Gasteiger partial charge in [-0.1, -0.05) is 24.3 Å². The van der Waals surface area contributed by atoms with Crippen molar-refractivity contribution in [3.63, 3.8) is 0 Å². The van der Waals surface area contributed by atoms with Gasteiger partial charge in [-0.15, -0.1) is 0 Å². The van der Waals surface area contributed by atoms with Crippen LogP contribution < -0.4 is 22.1 Å². The highest BCUT2D eigenvalue weighted by Gasteiger charge is 2.20. The van der Waals surface area contributed by atoms with Crippen molar-refractivity contribution in [2.75, 3.05) is 49.2 Å². The van der Waals surface area contributed by atoms with Gasteiger partial charge in [-0.25, -0.2) is 4.98 Å². The molecule has 3 heterocycles. The summed E-state index contributed by atoms with van der Waals surface area (Å²) >= 11 is 0. The van der Waals surface area contributed by atoms with Crippen LogP contribution in [0.15, 0.2) is 54.6 Å². The number of nitrogen functional groups attached to an aromatic ring is 1. The molecule has 1 aliphatic rings. The van der Waals surface area contributed by atoms with E-state index in [4.69, 9.17) is 21.2 Å². The second kappa shape index (κ2) is 12.9. The topological polar surface area (TPSA) is 158 Å². The summed E-state index contributed by atoms with van der Waals surface area (Å²) in [6.45, 7) is 9.31. The van der Waals surface area contributed by atoms with E-state index in [0.29, 0.717) is 61.4 Å². The number of nitrogens with two attached hydrogens (primary N) is 2. The van der Waals surface area contributed by atoms with Crippen LogP contribution in [-0.4, -0.2) is 68.9 Å². The highest BCUT2D eigenvalue weighted by Crippen LogP contribution is 2.26. The molecule has 0 spiro atoms. The van der Waals surface area contributed by atoms with E-state index < -0.39 is 5.91 Å². The average Bonchev–Trinajstić information content (AvgIpc) is 3.54. The van der Waals surface area contributed by atoms with E-state index >= 15 is 0 Å². The molecule has 0 atom stereocenters. The van der Waals surface area contributed by atoms with Crippen LogP contribution in [0.2, 0.25) is 0 Å². The van der Waals surface area contributed by atoms with Crippen LogP contribution in [0.4, 0.5) is 17.3 Å². The molecule has 0 unspecified atom stereocenters. The Kier molecular flexibility index (Phi) is 8.84. The zero-order valence-corrected chi connectivity index (χ0v) is 24.0. The van der Waals surface area contributed by atoms with E-state index in [1.54, 1.807) is 28.9 Å². The normalized spacial score (nSPS) is 14.0. The molecule has 220 valence electrons. The number of primary amides is 1. The predicted octanol–water partition coefficient (Wildman–Crippen LogP) is 3.00. The van der Waals surface area contributed by atoms with Crippen LogP contribution in [-0.2, 0) is 24.4 Å². The number of benzene rings is 2. The van der Waals surface area contributed by atoms with Crippen molar-refractivity contribution in [2.24, 2.45) is 5.73 Å². The number of imidazole rings is 1. The van der Waals surface area contributed by atoms with Crippen LogP contribution in [0.5, 0.6) is 0 Å². The van der Waals surface area contributed by atoms with Crippen molar-refractivity contribution in [1.82, 2.24) is 24.2 Å². The molecule has 12 nitrogen and oxygen atoms in total. The van der Waals surface area contributed by atoms with Crippen LogP contribution in [0.3, 0.4) is 0 Å². The van der Waals surface area contributed by atoms with Crippen LogP contribution in [0, 0.1) is 6.92 Å². The fraction of sp³-hybridized carbons (Fsp3) is 0.333. The number of morpholine rings is 1. The molecular weight excluding hydrogens is 534 g/mol. The number of para-hydroxylation sites is 1. The molecule has 0 bridgehead atoms. The summed E-state index contributed by atoms with van der Waals surface area (Å²) in [6, 6.07) is 12.8. The van der Waals surface area contributed by atoms with Gasteiger partial charge in [0.1, 0.15) is 5.69 Å². The van der Waals surface area contributed by atoms with Crippen LogP contribution >= 0.6 is 0 Å². The second-order valence-electron chi connectivity index (χ2n) is 10.2. The lowest BCUT2D eigenvalue weighted by atomic mass is 10.1. The van der Waals surface area contributed by atoms with Gasteiger partial charge in [0.2, 0.25) is 11.9 Å². The Morgan fingerprint density at radius 3 is 2.67 bits per heavy atom. The van der Waals surface area contributed by atoms with Gasteiger partial charge in [0.15, 0.2) is 0 Å². The van der Waals surface area contributed by atoms with Gasteiger partial charge in [-0.3, -0.25) is 24.5 Å². The third-order valence-electron chi connectivity index (χ3n) is 7.21. The molecule has 6 N–H and O–H groups in total. The Morgan fingerprint density at radius 2 is 1.93 bits per heavy atom. The van der Waals surface area contributed by atoms with Crippen LogP contribution in [0.25, 0.3) is 11.0 Å². The molecule has 2 aromatic heterocycles. The predicted molar refractivity (Wildman–Crippen MR) is 163 cm³/mol. The summed E-state index contributed by atoms with van der Waals surface area (Å²) < 4.78 is 9.26. The second-order valence-corrected chi connectivity index (χ2v) is 10.2. The molecule has 1 fully saturated rings.